The van der Waals surface area contributed by atoms with Crippen molar-refractivity contribution in [3.8, 4) is 11.4 Å². The van der Waals surface area contributed by atoms with E-state index in [9.17, 15) is 0 Å². The van der Waals surface area contributed by atoms with Crippen molar-refractivity contribution in [2.24, 2.45) is 0 Å². The summed E-state index contributed by atoms with van der Waals surface area (Å²) in [6.07, 6.45) is 4.99. The van der Waals surface area contributed by atoms with Crippen LogP contribution in [0.3, 0.4) is 0 Å². The van der Waals surface area contributed by atoms with Crippen LogP contribution >= 0.6 is 0 Å². The first-order chi connectivity index (χ1) is 18.1. The van der Waals surface area contributed by atoms with E-state index in [4.69, 9.17) is 28.8 Å². The van der Waals surface area contributed by atoms with Crippen molar-refractivity contribution in [3.05, 3.63) is 48.3 Å². The maximum absolute atomic E-state index is 6.33. The van der Waals surface area contributed by atoms with Crippen LogP contribution in [0.1, 0.15) is 18.9 Å². The molecule has 37 heavy (non-hydrogen) atoms. The number of aromatic amines is 1. The second-order valence-electron chi connectivity index (χ2n) is 10.7. The van der Waals surface area contributed by atoms with Gasteiger partial charge in [0, 0.05) is 61.1 Å². The Balaban J connectivity index is 1.28. The Morgan fingerprint density at radius 2 is 2.05 bits per heavy atom. The predicted octanol–water partition coefficient (Wildman–Crippen LogP) is 4.12. The first-order valence-electron chi connectivity index (χ1n) is 13.0. The number of rotatable bonds is 4. The van der Waals surface area contributed by atoms with Gasteiger partial charge >= 0.3 is 0 Å². The van der Waals surface area contributed by atoms with Crippen molar-refractivity contribution in [2.75, 3.05) is 44.4 Å². The zero-order valence-electron chi connectivity index (χ0n) is 20.7. The highest BCUT2D eigenvalue weighted by Crippen LogP contribution is 2.39. The minimum absolute atomic E-state index is 0.0149. The van der Waals surface area contributed by atoms with Gasteiger partial charge in [0.15, 0.2) is 17.2 Å². The van der Waals surface area contributed by atoms with Crippen LogP contribution in [0.15, 0.2) is 47.1 Å². The summed E-state index contributed by atoms with van der Waals surface area (Å²) in [5, 5.41) is 2.03. The zero-order valence-corrected chi connectivity index (χ0v) is 20.7. The van der Waals surface area contributed by atoms with Crippen molar-refractivity contribution >= 4 is 38.9 Å². The molecule has 1 N–H and O–H groups in total. The lowest BCUT2D eigenvalue weighted by atomic mass is 10.1. The van der Waals surface area contributed by atoms with Gasteiger partial charge in [-0.2, -0.15) is 0 Å². The molecule has 0 saturated carbocycles. The summed E-state index contributed by atoms with van der Waals surface area (Å²) in [6.45, 7) is 7.67. The lowest BCUT2D eigenvalue weighted by Gasteiger charge is -2.30. The number of likely N-dealkylation sites (tertiary alicyclic amines) is 1. The Kier molecular flexibility index (Phi) is 4.65. The minimum Gasteiger partial charge on any atom is -0.432 e. The van der Waals surface area contributed by atoms with Crippen LogP contribution in [0.25, 0.3) is 44.5 Å². The monoisotopic (exact) mass is 496 g/mol. The largest absolute Gasteiger partial charge is 0.432 e. The molecule has 3 aliphatic heterocycles. The van der Waals surface area contributed by atoms with Gasteiger partial charge in [-0.15, -0.1) is 0 Å². The van der Waals surface area contributed by atoms with Crippen LogP contribution in [0, 0.1) is 0 Å². The number of nitrogens with zero attached hydrogens (tertiary/aromatic N) is 5. The lowest BCUT2D eigenvalue weighted by molar-refractivity contribution is -0.0351. The molecule has 8 rings (SSSR count). The molecule has 2 bridgehead atoms. The van der Waals surface area contributed by atoms with Gasteiger partial charge in [-0.3, -0.25) is 4.90 Å². The SMILES string of the molecule is C[C@]12C[C@@H](CO1)N(Cc1cnc3oc4c(N5CCOCC5)nc(-c5cccc6[nH]ccc56)nc4c3c1)C2. The maximum atomic E-state index is 6.33. The third-order valence-electron chi connectivity index (χ3n) is 8.09. The minimum atomic E-state index is -0.0149. The Hall–Kier alpha value is -3.53. The summed E-state index contributed by atoms with van der Waals surface area (Å²) in [4.78, 5) is 22.9. The number of benzene rings is 1. The van der Waals surface area contributed by atoms with E-state index in [1.807, 2.05) is 18.5 Å². The molecule has 2 atom stereocenters. The van der Waals surface area contributed by atoms with Gasteiger partial charge < -0.3 is 23.8 Å². The molecule has 5 aromatic rings. The van der Waals surface area contributed by atoms with E-state index in [1.165, 1.54) is 0 Å². The van der Waals surface area contributed by atoms with Crippen molar-refractivity contribution < 1.29 is 13.9 Å². The second kappa shape index (κ2) is 7.98. The quantitative estimate of drug-likeness (QED) is 0.397. The molecule has 3 aliphatic rings. The third-order valence-corrected chi connectivity index (χ3v) is 8.09. The fraction of sp³-hybridized carbons (Fsp3) is 0.393. The second-order valence-corrected chi connectivity index (χ2v) is 10.7. The first-order valence-corrected chi connectivity index (χ1v) is 13.0. The molecule has 1 aromatic carbocycles. The van der Waals surface area contributed by atoms with Gasteiger partial charge in [-0.1, -0.05) is 12.1 Å². The summed E-state index contributed by atoms with van der Waals surface area (Å²) < 4.78 is 17.9. The lowest BCUT2D eigenvalue weighted by Crippen LogP contribution is -2.40. The fourth-order valence-electron chi connectivity index (χ4n) is 6.27. The van der Waals surface area contributed by atoms with E-state index in [2.05, 4.69) is 46.0 Å². The number of hydrogen-bond donors (Lipinski definition) is 1. The van der Waals surface area contributed by atoms with E-state index < -0.39 is 0 Å². The van der Waals surface area contributed by atoms with E-state index in [0.717, 1.165) is 78.0 Å². The molecule has 0 amide bonds. The van der Waals surface area contributed by atoms with Gasteiger partial charge in [-0.25, -0.2) is 15.0 Å². The number of morpholine rings is 2. The number of furan rings is 1. The highest BCUT2D eigenvalue weighted by Gasteiger charge is 2.47. The number of anilines is 1. The Morgan fingerprint density at radius 3 is 2.89 bits per heavy atom. The van der Waals surface area contributed by atoms with Crippen LogP contribution in [0.2, 0.25) is 0 Å². The average molecular weight is 497 g/mol. The highest BCUT2D eigenvalue weighted by atomic mass is 16.5. The molecule has 9 heteroatoms. The summed E-state index contributed by atoms with van der Waals surface area (Å²) in [5.74, 6) is 1.49. The van der Waals surface area contributed by atoms with E-state index in [-0.39, 0.29) is 5.60 Å². The molecule has 0 unspecified atom stereocenters. The van der Waals surface area contributed by atoms with Crippen LogP contribution < -0.4 is 4.90 Å². The maximum Gasteiger partial charge on any atom is 0.229 e. The van der Waals surface area contributed by atoms with Crippen molar-refractivity contribution in [1.82, 2.24) is 24.8 Å². The topological polar surface area (TPSA) is 92.5 Å². The molecule has 9 nitrogen and oxygen atoms in total. The number of pyridine rings is 1. The highest BCUT2D eigenvalue weighted by molar-refractivity contribution is 6.06. The van der Waals surface area contributed by atoms with Gasteiger partial charge in [0.1, 0.15) is 5.52 Å². The van der Waals surface area contributed by atoms with E-state index >= 15 is 0 Å². The molecule has 4 aromatic heterocycles. The van der Waals surface area contributed by atoms with Gasteiger partial charge in [0.25, 0.3) is 0 Å². The van der Waals surface area contributed by atoms with Gasteiger partial charge in [0.2, 0.25) is 5.71 Å². The van der Waals surface area contributed by atoms with Crippen molar-refractivity contribution in [2.45, 2.75) is 31.5 Å². The van der Waals surface area contributed by atoms with E-state index in [0.29, 0.717) is 36.4 Å². The molecular weight excluding hydrogens is 468 g/mol. The van der Waals surface area contributed by atoms with Crippen LogP contribution in [-0.2, 0) is 16.0 Å². The summed E-state index contributed by atoms with van der Waals surface area (Å²) in [5.41, 5.74) is 5.29. The predicted molar refractivity (Wildman–Crippen MR) is 141 cm³/mol. The smallest absolute Gasteiger partial charge is 0.229 e. The van der Waals surface area contributed by atoms with Crippen molar-refractivity contribution in [3.63, 3.8) is 0 Å². The third kappa shape index (κ3) is 3.45. The standard InChI is InChI=1S/C28H28N6O3/c1-28-12-18(15-36-28)34(16-28)14-17-11-21-23-24(37-27(21)30-13-17)26(33-7-9-35-10-8-33)32-25(31-23)20-3-2-4-22-19(20)5-6-29-22/h2-6,11,13,18,29H,7-10,12,14-16H2,1H3/t18-,28+/m0/s1. The number of aromatic nitrogens is 4. The number of H-pyrrole nitrogens is 1. The Bertz CT molecular complexity index is 1650. The molecule has 3 saturated heterocycles. The van der Waals surface area contributed by atoms with Crippen LogP contribution in [0.5, 0.6) is 0 Å². The van der Waals surface area contributed by atoms with Gasteiger partial charge in [0.05, 0.1) is 30.8 Å². The van der Waals surface area contributed by atoms with Gasteiger partial charge in [-0.05, 0) is 37.1 Å². The summed E-state index contributed by atoms with van der Waals surface area (Å²) in [6, 6.07) is 10.9. The van der Waals surface area contributed by atoms with E-state index in [1.54, 1.807) is 0 Å². The molecular formula is C28H28N6O3. The summed E-state index contributed by atoms with van der Waals surface area (Å²) in [7, 11) is 0. The Morgan fingerprint density at radius 1 is 1.14 bits per heavy atom. The molecule has 0 radical (unpaired) electrons. The Labute approximate surface area is 213 Å². The molecule has 188 valence electrons. The fourth-order valence-corrected chi connectivity index (χ4v) is 6.27. The molecule has 7 heterocycles. The number of ether oxygens (including phenoxy) is 2. The number of hydrogen-bond acceptors (Lipinski definition) is 8. The normalized spacial score (nSPS) is 24.2. The van der Waals surface area contributed by atoms with Crippen LogP contribution in [-0.4, -0.2) is 75.9 Å². The zero-order chi connectivity index (χ0) is 24.6. The number of fused-ring (bicyclic) bond motifs is 6. The number of nitrogens with one attached hydrogen (secondary N) is 1. The van der Waals surface area contributed by atoms with Crippen molar-refractivity contribution in [1.29, 1.82) is 0 Å². The molecule has 3 fully saturated rings. The molecule has 0 spiro atoms. The molecule has 0 aliphatic carbocycles. The van der Waals surface area contributed by atoms with Crippen LogP contribution in [0.4, 0.5) is 5.82 Å². The average Bonchev–Trinajstić information content (AvgIpc) is 3.70. The first kappa shape index (κ1) is 21.5. The summed E-state index contributed by atoms with van der Waals surface area (Å²) >= 11 is 0.